The predicted molar refractivity (Wildman–Crippen MR) is 58.7 cm³/mol. The number of benzene rings is 1. The number of ether oxygens (including phenoxy) is 1. The smallest absolute Gasteiger partial charge is 0.175 e. The molecule has 80 valence electrons. The van der Waals surface area contributed by atoms with E-state index in [-0.39, 0.29) is 11.3 Å². The minimum absolute atomic E-state index is 0.124. The average Bonchev–Trinajstić information content (AvgIpc) is 2.69. The molecular formula is C11H12ClNO2. The minimum Gasteiger partial charge on any atom is -0.410 e. The highest BCUT2D eigenvalue weighted by Crippen LogP contribution is 2.34. The molecular weight excluding hydrogens is 214 g/mol. The molecule has 0 saturated carbocycles. The van der Waals surface area contributed by atoms with E-state index in [0.717, 1.165) is 18.4 Å². The van der Waals surface area contributed by atoms with Crippen molar-refractivity contribution in [3.8, 4) is 0 Å². The van der Waals surface area contributed by atoms with Crippen molar-refractivity contribution in [3.05, 3.63) is 34.9 Å². The summed E-state index contributed by atoms with van der Waals surface area (Å²) < 4.78 is 5.35. The quantitative estimate of drug-likeness (QED) is 0.478. The third kappa shape index (κ3) is 1.85. The first-order chi connectivity index (χ1) is 7.26. The SMILES string of the molecule is COC1CCc2cc(/C(Cl)=N/O)ccc21. The Balaban J connectivity index is 2.37. The molecule has 0 amide bonds. The van der Waals surface area contributed by atoms with Crippen LogP contribution >= 0.6 is 11.6 Å². The van der Waals surface area contributed by atoms with Crippen molar-refractivity contribution in [1.29, 1.82) is 0 Å². The van der Waals surface area contributed by atoms with Gasteiger partial charge in [0.05, 0.1) is 6.10 Å². The molecule has 1 aliphatic rings. The van der Waals surface area contributed by atoms with Crippen LogP contribution in [-0.4, -0.2) is 17.5 Å². The Bertz CT molecular complexity index is 404. The van der Waals surface area contributed by atoms with E-state index in [1.165, 1.54) is 11.1 Å². The predicted octanol–water partition coefficient (Wildman–Crippen LogP) is 2.69. The number of methoxy groups -OCH3 is 1. The molecule has 0 saturated heterocycles. The van der Waals surface area contributed by atoms with Crippen molar-refractivity contribution < 1.29 is 9.94 Å². The van der Waals surface area contributed by atoms with Crippen molar-refractivity contribution in [3.63, 3.8) is 0 Å². The average molecular weight is 226 g/mol. The van der Waals surface area contributed by atoms with Gasteiger partial charge in [0.25, 0.3) is 0 Å². The van der Waals surface area contributed by atoms with Crippen molar-refractivity contribution in [1.82, 2.24) is 0 Å². The Morgan fingerprint density at radius 1 is 1.60 bits per heavy atom. The molecule has 0 heterocycles. The highest BCUT2D eigenvalue weighted by molar-refractivity contribution is 6.69. The van der Waals surface area contributed by atoms with E-state index in [4.69, 9.17) is 21.5 Å². The third-order valence-electron chi connectivity index (χ3n) is 2.78. The van der Waals surface area contributed by atoms with Gasteiger partial charge in [0.15, 0.2) is 5.17 Å². The summed E-state index contributed by atoms with van der Waals surface area (Å²) in [5, 5.41) is 11.7. The summed E-state index contributed by atoms with van der Waals surface area (Å²) in [7, 11) is 1.72. The van der Waals surface area contributed by atoms with Crippen LogP contribution in [0.15, 0.2) is 23.4 Å². The van der Waals surface area contributed by atoms with Gasteiger partial charge < -0.3 is 9.94 Å². The molecule has 3 nitrogen and oxygen atoms in total. The second-order valence-electron chi connectivity index (χ2n) is 3.57. The summed E-state index contributed by atoms with van der Waals surface area (Å²) in [5.41, 5.74) is 3.18. The number of hydrogen-bond donors (Lipinski definition) is 1. The third-order valence-corrected chi connectivity index (χ3v) is 3.07. The van der Waals surface area contributed by atoms with Crippen LogP contribution in [0.2, 0.25) is 0 Å². The van der Waals surface area contributed by atoms with Crippen molar-refractivity contribution in [2.75, 3.05) is 7.11 Å². The fourth-order valence-corrected chi connectivity index (χ4v) is 2.13. The molecule has 0 radical (unpaired) electrons. The lowest BCUT2D eigenvalue weighted by molar-refractivity contribution is 0.105. The van der Waals surface area contributed by atoms with Crippen LogP contribution < -0.4 is 0 Å². The van der Waals surface area contributed by atoms with E-state index < -0.39 is 0 Å². The first kappa shape index (κ1) is 10.5. The van der Waals surface area contributed by atoms with E-state index in [9.17, 15) is 0 Å². The van der Waals surface area contributed by atoms with E-state index in [1.54, 1.807) is 7.11 Å². The normalized spacial score (nSPS) is 20.4. The molecule has 1 aliphatic carbocycles. The van der Waals surface area contributed by atoms with E-state index in [1.807, 2.05) is 18.2 Å². The van der Waals surface area contributed by atoms with Gasteiger partial charge in [-0.05, 0) is 30.0 Å². The lowest BCUT2D eigenvalue weighted by Gasteiger charge is -2.09. The molecule has 1 N–H and O–H groups in total. The van der Waals surface area contributed by atoms with Crippen LogP contribution in [0.25, 0.3) is 0 Å². The monoisotopic (exact) mass is 225 g/mol. The Morgan fingerprint density at radius 2 is 2.40 bits per heavy atom. The maximum Gasteiger partial charge on any atom is 0.175 e. The number of halogens is 1. The molecule has 1 atom stereocenters. The lowest BCUT2D eigenvalue weighted by atomic mass is 10.1. The van der Waals surface area contributed by atoms with Crippen LogP contribution in [0.1, 0.15) is 29.2 Å². The summed E-state index contributed by atoms with van der Waals surface area (Å²) in [5.74, 6) is 0. The number of rotatable bonds is 2. The molecule has 1 aromatic carbocycles. The molecule has 0 fully saturated rings. The summed E-state index contributed by atoms with van der Waals surface area (Å²) in [4.78, 5) is 0. The Morgan fingerprint density at radius 3 is 3.07 bits per heavy atom. The lowest BCUT2D eigenvalue weighted by Crippen LogP contribution is -1.97. The van der Waals surface area contributed by atoms with Gasteiger partial charge in [-0.25, -0.2) is 0 Å². The molecule has 0 aliphatic heterocycles. The number of aryl methyl sites for hydroxylation is 1. The fourth-order valence-electron chi connectivity index (χ4n) is 2.01. The van der Waals surface area contributed by atoms with Crippen molar-refractivity contribution >= 4 is 16.8 Å². The number of hydrogen-bond acceptors (Lipinski definition) is 3. The number of fused-ring (bicyclic) bond motifs is 1. The zero-order valence-electron chi connectivity index (χ0n) is 8.40. The molecule has 0 bridgehead atoms. The van der Waals surface area contributed by atoms with Gasteiger partial charge in [-0.15, -0.1) is 0 Å². The molecule has 2 rings (SSSR count). The summed E-state index contributed by atoms with van der Waals surface area (Å²) in [6.07, 6.45) is 2.18. The zero-order valence-corrected chi connectivity index (χ0v) is 9.16. The van der Waals surface area contributed by atoms with Gasteiger partial charge in [-0.2, -0.15) is 0 Å². The van der Waals surface area contributed by atoms with Gasteiger partial charge in [0, 0.05) is 12.7 Å². The maximum atomic E-state index is 8.57. The molecule has 0 spiro atoms. The Labute approximate surface area is 93.3 Å². The summed E-state index contributed by atoms with van der Waals surface area (Å²) in [6, 6.07) is 5.79. The Kier molecular flexibility index (Phi) is 2.93. The van der Waals surface area contributed by atoms with Crippen molar-refractivity contribution in [2.45, 2.75) is 18.9 Å². The molecule has 1 unspecified atom stereocenters. The standard InChI is InChI=1S/C11H12ClNO2/c1-15-10-5-3-7-6-8(11(12)13-14)2-4-9(7)10/h2,4,6,10,14H,3,5H2,1H3/b13-11-. The van der Waals surface area contributed by atoms with Crippen molar-refractivity contribution in [2.24, 2.45) is 5.16 Å². The molecule has 4 heteroatoms. The maximum absolute atomic E-state index is 8.57. The first-order valence-electron chi connectivity index (χ1n) is 4.80. The highest BCUT2D eigenvalue weighted by atomic mass is 35.5. The second kappa shape index (κ2) is 4.21. The first-order valence-corrected chi connectivity index (χ1v) is 5.17. The van der Waals surface area contributed by atoms with Gasteiger partial charge >= 0.3 is 0 Å². The summed E-state index contributed by atoms with van der Waals surface area (Å²) in [6.45, 7) is 0. The number of nitrogens with zero attached hydrogens (tertiary/aromatic N) is 1. The van der Waals surface area contributed by atoms with Crippen LogP contribution in [0, 0.1) is 0 Å². The summed E-state index contributed by atoms with van der Waals surface area (Å²) >= 11 is 5.73. The topological polar surface area (TPSA) is 41.8 Å². The van der Waals surface area contributed by atoms with E-state index in [0.29, 0.717) is 0 Å². The van der Waals surface area contributed by atoms with Gasteiger partial charge in [-0.3, -0.25) is 0 Å². The van der Waals surface area contributed by atoms with E-state index >= 15 is 0 Å². The molecule has 0 aromatic heterocycles. The van der Waals surface area contributed by atoms with Gasteiger partial charge in [-0.1, -0.05) is 28.9 Å². The van der Waals surface area contributed by atoms with Crippen LogP contribution in [0.4, 0.5) is 0 Å². The largest absolute Gasteiger partial charge is 0.410 e. The van der Waals surface area contributed by atoms with E-state index in [2.05, 4.69) is 5.16 Å². The molecule has 1 aromatic rings. The second-order valence-corrected chi connectivity index (χ2v) is 3.93. The molecule has 15 heavy (non-hydrogen) atoms. The highest BCUT2D eigenvalue weighted by Gasteiger charge is 2.22. The van der Waals surface area contributed by atoms with Crippen LogP contribution in [0.3, 0.4) is 0 Å². The van der Waals surface area contributed by atoms with Crippen LogP contribution in [-0.2, 0) is 11.2 Å². The van der Waals surface area contributed by atoms with Gasteiger partial charge in [0.2, 0.25) is 0 Å². The van der Waals surface area contributed by atoms with Crippen LogP contribution in [0.5, 0.6) is 0 Å². The fraction of sp³-hybridized carbons (Fsp3) is 0.364. The number of oxime groups is 1. The zero-order chi connectivity index (χ0) is 10.8. The Hall–Kier alpha value is -1.06. The minimum atomic E-state index is 0.124. The van der Waals surface area contributed by atoms with Gasteiger partial charge in [0.1, 0.15) is 0 Å².